The molecule has 114 valence electrons. The summed E-state index contributed by atoms with van der Waals surface area (Å²) in [6.45, 7) is 0.557. The van der Waals surface area contributed by atoms with Gasteiger partial charge in [0.15, 0.2) is 0 Å². The Morgan fingerprint density at radius 3 is 2.55 bits per heavy atom. The molecule has 3 aromatic rings. The molecule has 0 bridgehead atoms. The Morgan fingerprint density at radius 2 is 1.82 bits per heavy atom. The summed E-state index contributed by atoms with van der Waals surface area (Å²) in [5, 5.41) is 3.28. The largest absolute Gasteiger partial charge is 0.381 e. The molecule has 22 heavy (non-hydrogen) atoms. The number of anilines is 1. The third-order valence-corrected chi connectivity index (χ3v) is 4.04. The first-order valence-corrected chi connectivity index (χ1v) is 7.18. The van der Waals surface area contributed by atoms with Gasteiger partial charge in [-0.2, -0.15) is 0 Å². The van der Waals surface area contributed by atoms with Crippen molar-refractivity contribution >= 4 is 28.3 Å². The molecule has 0 spiro atoms. The van der Waals surface area contributed by atoms with Crippen molar-refractivity contribution in [1.29, 1.82) is 0 Å². The van der Waals surface area contributed by atoms with Crippen LogP contribution in [0.1, 0.15) is 5.56 Å². The average molecular weight is 320 g/mol. The Kier molecular flexibility index (Phi) is 3.66. The second-order valence-electron chi connectivity index (χ2n) is 5.21. The van der Waals surface area contributed by atoms with E-state index >= 15 is 0 Å². The second-order valence-corrected chi connectivity index (χ2v) is 5.61. The minimum Gasteiger partial charge on any atom is -0.381 e. The molecule has 0 fully saturated rings. The molecule has 0 radical (unpaired) electrons. The predicted octanol–water partition coefficient (Wildman–Crippen LogP) is 3.28. The van der Waals surface area contributed by atoms with Crippen LogP contribution in [0, 0.1) is 5.82 Å². The minimum atomic E-state index is -0.437. The van der Waals surface area contributed by atoms with Crippen LogP contribution in [0.25, 0.3) is 11.0 Å². The Labute approximate surface area is 131 Å². The highest BCUT2D eigenvalue weighted by molar-refractivity contribution is 6.31. The second kappa shape index (κ2) is 5.50. The number of halogens is 2. The topological polar surface area (TPSA) is 39.0 Å². The van der Waals surface area contributed by atoms with Gasteiger partial charge in [0, 0.05) is 26.3 Å². The van der Waals surface area contributed by atoms with Crippen molar-refractivity contribution in [1.82, 2.24) is 9.13 Å². The van der Waals surface area contributed by atoms with Gasteiger partial charge in [-0.3, -0.25) is 9.13 Å². The third kappa shape index (κ3) is 2.48. The standard InChI is InChI=1S/C16H15ClFN3O/c1-20-14-6-3-10(7-15(14)21(2)16(20)22)9-19-11-4-5-13(18)12(17)8-11/h3-8,19H,9H2,1-2H3. The fourth-order valence-electron chi connectivity index (χ4n) is 2.47. The molecule has 6 heteroatoms. The molecule has 1 N–H and O–H groups in total. The lowest BCUT2D eigenvalue weighted by molar-refractivity contribution is 0.628. The fourth-order valence-corrected chi connectivity index (χ4v) is 2.65. The van der Waals surface area contributed by atoms with Crippen molar-refractivity contribution in [3.8, 4) is 0 Å². The highest BCUT2D eigenvalue weighted by Crippen LogP contribution is 2.20. The van der Waals surface area contributed by atoms with Crippen molar-refractivity contribution in [2.75, 3.05) is 5.32 Å². The van der Waals surface area contributed by atoms with Crippen LogP contribution in [-0.2, 0) is 20.6 Å². The van der Waals surface area contributed by atoms with Crippen LogP contribution in [0.2, 0.25) is 5.02 Å². The first kappa shape index (κ1) is 14.7. The van der Waals surface area contributed by atoms with E-state index < -0.39 is 5.82 Å². The first-order valence-electron chi connectivity index (χ1n) is 6.80. The summed E-state index contributed by atoms with van der Waals surface area (Å²) >= 11 is 5.76. The average Bonchev–Trinajstić information content (AvgIpc) is 2.73. The van der Waals surface area contributed by atoms with Crippen LogP contribution in [0.5, 0.6) is 0 Å². The number of aromatic nitrogens is 2. The summed E-state index contributed by atoms with van der Waals surface area (Å²) in [5.74, 6) is -0.437. The Hall–Kier alpha value is -2.27. The third-order valence-electron chi connectivity index (χ3n) is 3.75. The maximum absolute atomic E-state index is 13.1. The van der Waals surface area contributed by atoms with Gasteiger partial charge in [-0.05, 0) is 35.9 Å². The number of hydrogen-bond donors (Lipinski definition) is 1. The van der Waals surface area contributed by atoms with E-state index in [1.807, 2.05) is 18.2 Å². The lowest BCUT2D eigenvalue weighted by Crippen LogP contribution is -2.19. The van der Waals surface area contributed by atoms with Gasteiger partial charge in [-0.15, -0.1) is 0 Å². The molecular formula is C16H15ClFN3O. The molecule has 1 aromatic heterocycles. The van der Waals surface area contributed by atoms with E-state index in [9.17, 15) is 9.18 Å². The number of aryl methyl sites for hydroxylation is 2. The molecule has 1 heterocycles. The maximum Gasteiger partial charge on any atom is 0.328 e. The molecule has 0 saturated heterocycles. The highest BCUT2D eigenvalue weighted by Gasteiger charge is 2.08. The van der Waals surface area contributed by atoms with Crippen LogP contribution < -0.4 is 11.0 Å². The molecule has 3 rings (SSSR count). The number of benzene rings is 2. The molecule has 2 aromatic carbocycles. The van der Waals surface area contributed by atoms with E-state index in [-0.39, 0.29) is 10.7 Å². The molecule has 0 aliphatic rings. The normalized spacial score (nSPS) is 11.1. The molecule has 0 aliphatic carbocycles. The molecule has 4 nitrogen and oxygen atoms in total. The van der Waals surface area contributed by atoms with Gasteiger partial charge in [0.1, 0.15) is 5.82 Å². The van der Waals surface area contributed by atoms with Crippen molar-refractivity contribution in [3.63, 3.8) is 0 Å². The van der Waals surface area contributed by atoms with E-state index in [0.717, 1.165) is 22.3 Å². The molecular weight excluding hydrogens is 305 g/mol. The van der Waals surface area contributed by atoms with E-state index in [1.54, 1.807) is 35.4 Å². The lowest BCUT2D eigenvalue weighted by atomic mass is 10.2. The zero-order valence-electron chi connectivity index (χ0n) is 12.2. The zero-order chi connectivity index (χ0) is 15.9. The number of imidazole rings is 1. The monoisotopic (exact) mass is 319 g/mol. The van der Waals surface area contributed by atoms with Gasteiger partial charge in [-0.1, -0.05) is 17.7 Å². The maximum atomic E-state index is 13.1. The van der Waals surface area contributed by atoms with Crippen molar-refractivity contribution < 1.29 is 4.39 Å². The Balaban J connectivity index is 1.86. The van der Waals surface area contributed by atoms with Gasteiger partial charge < -0.3 is 5.32 Å². The van der Waals surface area contributed by atoms with Gasteiger partial charge in [0.2, 0.25) is 0 Å². The molecule has 0 saturated carbocycles. The molecule has 0 amide bonds. The first-order chi connectivity index (χ1) is 10.5. The van der Waals surface area contributed by atoms with Crippen LogP contribution >= 0.6 is 11.6 Å². The number of nitrogens with zero attached hydrogens (tertiary/aromatic N) is 2. The predicted molar refractivity (Wildman–Crippen MR) is 86.9 cm³/mol. The quantitative estimate of drug-likeness (QED) is 0.804. The summed E-state index contributed by atoms with van der Waals surface area (Å²) in [6, 6.07) is 10.4. The summed E-state index contributed by atoms with van der Waals surface area (Å²) in [7, 11) is 3.50. The minimum absolute atomic E-state index is 0.0505. The number of fused-ring (bicyclic) bond motifs is 1. The zero-order valence-corrected chi connectivity index (χ0v) is 13.0. The van der Waals surface area contributed by atoms with E-state index in [2.05, 4.69) is 5.32 Å². The smallest absolute Gasteiger partial charge is 0.328 e. The van der Waals surface area contributed by atoms with E-state index in [1.165, 1.54) is 6.07 Å². The fraction of sp³-hybridized carbons (Fsp3) is 0.188. The number of hydrogen-bond acceptors (Lipinski definition) is 2. The van der Waals surface area contributed by atoms with Crippen molar-refractivity contribution in [2.45, 2.75) is 6.54 Å². The number of nitrogens with one attached hydrogen (secondary N) is 1. The summed E-state index contributed by atoms with van der Waals surface area (Å²) in [6.07, 6.45) is 0. The molecule has 0 aliphatic heterocycles. The Bertz CT molecular complexity index is 914. The Morgan fingerprint density at radius 1 is 1.09 bits per heavy atom. The van der Waals surface area contributed by atoms with Crippen molar-refractivity contribution in [2.24, 2.45) is 14.1 Å². The van der Waals surface area contributed by atoms with Gasteiger partial charge >= 0.3 is 5.69 Å². The summed E-state index contributed by atoms with van der Waals surface area (Å²) in [4.78, 5) is 11.9. The summed E-state index contributed by atoms with van der Waals surface area (Å²) in [5.41, 5.74) is 3.48. The highest BCUT2D eigenvalue weighted by atomic mass is 35.5. The van der Waals surface area contributed by atoms with Crippen LogP contribution in [0.3, 0.4) is 0 Å². The van der Waals surface area contributed by atoms with Gasteiger partial charge in [-0.25, -0.2) is 9.18 Å². The molecule has 0 unspecified atom stereocenters. The SMILES string of the molecule is Cn1c(=O)n(C)c2cc(CNc3ccc(F)c(Cl)c3)ccc21. The van der Waals surface area contributed by atoms with Crippen LogP contribution in [-0.4, -0.2) is 9.13 Å². The van der Waals surface area contributed by atoms with E-state index in [0.29, 0.717) is 6.54 Å². The summed E-state index contributed by atoms with van der Waals surface area (Å²) < 4.78 is 16.4. The van der Waals surface area contributed by atoms with Gasteiger partial charge in [0.05, 0.1) is 16.1 Å². The van der Waals surface area contributed by atoms with Gasteiger partial charge in [0.25, 0.3) is 0 Å². The molecule has 0 atom stereocenters. The lowest BCUT2D eigenvalue weighted by Gasteiger charge is -2.08. The van der Waals surface area contributed by atoms with Crippen LogP contribution in [0.15, 0.2) is 41.2 Å². The van der Waals surface area contributed by atoms with Crippen LogP contribution in [0.4, 0.5) is 10.1 Å². The number of rotatable bonds is 3. The van der Waals surface area contributed by atoms with Crippen molar-refractivity contribution in [3.05, 3.63) is 63.3 Å². The van der Waals surface area contributed by atoms with E-state index in [4.69, 9.17) is 11.6 Å².